The van der Waals surface area contributed by atoms with Crippen molar-refractivity contribution in [2.45, 2.75) is 42.2 Å². The number of nitrogens with zero attached hydrogens (tertiary/aromatic N) is 4. The fourth-order valence-electron chi connectivity index (χ4n) is 4.38. The number of hydrogen-bond donors (Lipinski definition) is 6. The summed E-state index contributed by atoms with van der Waals surface area (Å²) in [5.74, 6) is -2.74. The maximum atomic E-state index is 13.0. The highest BCUT2D eigenvalue weighted by atomic mass is 32.2. The predicted molar refractivity (Wildman–Crippen MR) is 146 cm³/mol. The maximum Gasteiger partial charge on any atom is 0.370 e. The summed E-state index contributed by atoms with van der Waals surface area (Å²) < 4.78 is 35.0. The summed E-state index contributed by atoms with van der Waals surface area (Å²) in [5, 5.41) is 61.1. The van der Waals surface area contributed by atoms with Gasteiger partial charge in [0, 0.05) is 24.6 Å². The number of nitrogens with one attached hydrogen (secondary N) is 2. The van der Waals surface area contributed by atoms with Gasteiger partial charge in [-0.25, -0.2) is 17.9 Å². The molecule has 6 N–H and O–H groups in total. The molecule has 18 heteroatoms. The summed E-state index contributed by atoms with van der Waals surface area (Å²) in [5.41, 5.74) is 0.145. The van der Waals surface area contributed by atoms with E-state index in [9.17, 15) is 48.5 Å². The van der Waals surface area contributed by atoms with Crippen LogP contribution in [0.2, 0.25) is 0 Å². The number of aliphatic hydroxyl groups excluding tert-OH is 3. The highest BCUT2D eigenvalue weighted by molar-refractivity contribution is 7.92. The van der Waals surface area contributed by atoms with Crippen molar-refractivity contribution in [3.05, 3.63) is 76.7 Å². The fourth-order valence-corrected chi connectivity index (χ4v) is 5.46. The van der Waals surface area contributed by atoms with Gasteiger partial charge in [0.05, 0.1) is 40.4 Å². The lowest BCUT2D eigenvalue weighted by Gasteiger charge is -2.39. The number of non-ortho nitro benzene ring substituents is 1. The van der Waals surface area contributed by atoms with Crippen LogP contribution in [0, 0.1) is 10.1 Å². The first-order chi connectivity index (χ1) is 20.3. The number of carbonyl (C=O) groups is 2. The minimum atomic E-state index is -4.20. The quantitative estimate of drug-likeness (QED) is 0.120. The van der Waals surface area contributed by atoms with Crippen LogP contribution in [-0.4, -0.2) is 91.6 Å². The summed E-state index contributed by atoms with van der Waals surface area (Å²) in [6.07, 6.45) is -2.66. The molecule has 0 aliphatic carbocycles. The van der Waals surface area contributed by atoms with E-state index in [2.05, 4.69) is 20.4 Å². The van der Waals surface area contributed by atoms with Gasteiger partial charge in [0.1, 0.15) is 24.0 Å². The number of nitro benzene ring substituents is 1. The number of aromatic nitrogens is 3. The number of carboxylic acids is 1. The minimum Gasteiger partial charge on any atom is -0.478 e. The zero-order valence-corrected chi connectivity index (χ0v) is 23.0. The first kappa shape index (κ1) is 31.0. The number of rotatable bonds is 11. The van der Waals surface area contributed by atoms with Gasteiger partial charge in [-0.1, -0.05) is 23.4 Å². The van der Waals surface area contributed by atoms with Gasteiger partial charge in [-0.15, -0.1) is 5.10 Å². The molecule has 1 amide bonds. The van der Waals surface area contributed by atoms with Crippen LogP contribution in [-0.2, 0) is 24.3 Å². The highest BCUT2D eigenvalue weighted by Crippen LogP contribution is 2.33. The lowest BCUT2D eigenvalue weighted by molar-refractivity contribution is -0.384. The Morgan fingerprint density at radius 1 is 1.16 bits per heavy atom. The third-order valence-corrected chi connectivity index (χ3v) is 7.81. The number of amides is 1. The standard InChI is InChI=1S/C25H26N6O11S/c1-13(33)26-22-19(10-21(25(36)37)42-24(22)23(35)20(34)12-32)30-11-18(27-29-30)16-4-2-3-5-17(16)28-43(40,41)15-8-6-14(7-9-15)31(38)39/h2-11,19-20,22-24,28,32,34-35H,12H2,1H3,(H,26,33)(H,36,37)/t19-,20+,22+,23+,24+/m0/s1. The van der Waals surface area contributed by atoms with Gasteiger partial charge < -0.3 is 30.5 Å². The Kier molecular flexibility index (Phi) is 9.04. The van der Waals surface area contributed by atoms with Crippen molar-refractivity contribution < 1.29 is 48.1 Å². The van der Waals surface area contributed by atoms with Crippen LogP contribution in [0.5, 0.6) is 0 Å². The smallest absolute Gasteiger partial charge is 0.370 e. The third kappa shape index (κ3) is 6.78. The van der Waals surface area contributed by atoms with Gasteiger partial charge in [-0.3, -0.25) is 19.6 Å². The van der Waals surface area contributed by atoms with Gasteiger partial charge in [0.15, 0.2) is 0 Å². The normalized spacial score (nSPS) is 19.8. The van der Waals surface area contributed by atoms with E-state index >= 15 is 0 Å². The van der Waals surface area contributed by atoms with Crippen LogP contribution in [0.15, 0.2) is 71.5 Å². The molecule has 2 heterocycles. The number of hydrogen-bond acceptors (Lipinski definition) is 12. The molecule has 1 aliphatic heterocycles. The van der Waals surface area contributed by atoms with E-state index in [1.54, 1.807) is 12.1 Å². The summed E-state index contributed by atoms with van der Waals surface area (Å²) in [6, 6.07) is 8.03. The molecule has 228 valence electrons. The summed E-state index contributed by atoms with van der Waals surface area (Å²) >= 11 is 0. The second kappa shape index (κ2) is 12.5. The van der Waals surface area contributed by atoms with E-state index in [4.69, 9.17) is 4.74 Å². The Morgan fingerprint density at radius 3 is 2.44 bits per heavy atom. The van der Waals surface area contributed by atoms with Crippen molar-refractivity contribution in [2.75, 3.05) is 11.3 Å². The van der Waals surface area contributed by atoms with Crippen LogP contribution in [0.1, 0.15) is 13.0 Å². The number of aliphatic carboxylic acids is 1. The molecule has 0 spiro atoms. The van der Waals surface area contributed by atoms with Gasteiger partial charge >= 0.3 is 5.97 Å². The maximum absolute atomic E-state index is 13.0. The Hall–Kier alpha value is -4.91. The first-order valence-corrected chi connectivity index (χ1v) is 13.9. The number of nitro groups is 1. The van der Waals surface area contributed by atoms with Gasteiger partial charge in [0.25, 0.3) is 15.7 Å². The number of ether oxygens (including phenoxy) is 1. The molecule has 0 saturated carbocycles. The van der Waals surface area contributed by atoms with E-state index < -0.39 is 69.6 Å². The predicted octanol–water partition coefficient (Wildman–Crippen LogP) is -0.219. The zero-order chi connectivity index (χ0) is 31.5. The average molecular weight is 619 g/mol. The zero-order valence-electron chi connectivity index (χ0n) is 22.2. The molecular formula is C25H26N6O11S. The lowest BCUT2D eigenvalue weighted by atomic mass is 9.92. The highest BCUT2D eigenvalue weighted by Gasteiger charge is 2.44. The minimum absolute atomic E-state index is 0.0689. The number of sulfonamides is 1. The van der Waals surface area contributed by atoms with Gasteiger partial charge in [-0.05, 0) is 24.3 Å². The molecule has 17 nitrogen and oxygen atoms in total. The van der Waals surface area contributed by atoms with Crippen LogP contribution in [0.3, 0.4) is 0 Å². The topological polar surface area (TPSA) is 256 Å². The lowest BCUT2D eigenvalue weighted by Crippen LogP contribution is -2.58. The van der Waals surface area contributed by atoms with Crippen molar-refractivity contribution in [1.82, 2.24) is 20.3 Å². The average Bonchev–Trinajstić information content (AvgIpc) is 3.46. The van der Waals surface area contributed by atoms with E-state index in [-0.39, 0.29) is 27.5 Å². The number of anilines is 1. The molecule has 0 bridgehead atoms. The molecule has 5 atom stereocenters. The van der Waals surface area contributed by atoms with Crippen molar-refractivity contribution in [3.8, 4) is 11.3 Å². The monoisotopic (exact) mass is 618 g/mol. The summed E-state index contributed by atoms with van der Waals surface area (Å²) in [7, 11) is -4.20. The second-order valence-corrected chi connectivity index (χ2v) is 11.0. The molecule has 0 unspecified atom stereocenters. The van der Waals surface area contributed by atoms with E-state index in [0.717, 1.165) is 35.0 Å². The SMILES string of the molecule is CC(=O)N[C@H]1[C@H]([C@H](O)[C@H](O)CO)OC(C(=O)O)=C[C@@H]1n1cc(-c2ccccc2NS(=O)(=O)c2ccc([N+](=O)[O-])cc2)nn1. The Bertz CT molecular complexity index is 1660. The molecular weight excluding hydrogens is 592 g/mol. The van der Waals surface area contributed by atoms with Crippen LogP contribution in [0.25, 0.3) is 11.3 Å². The Morgan fingerprint density at radius 2 is 1.84 bits per heavy atom. The molecule has 1 aliphatic rings. The van der Waals surface area contributed by atoms with Crippen molar-refractivity contribution in [3.63, 3.8) is 0 Å². The van der Waals surface area contributed by atoms with Crippen LogP contribution >= 0.6 is 0 Å². The van der Waals surface area contributed by atoms with Crippen molar-refractivity contribution in [1.29, 1.82) is 0 Å². The fraction of sp³-hybridized carbons (Fsp3) is 0.280. The molecule has 0 saturated heterocycles. The molecule has 2 aromatic carbocycles. The van der Waals surface area contributed by atoms with Gasteiger partial charge in [-0.2, -0.15) is 0 Å². The second-order valence-electron chi connectivity index (χ2n) is 9.36. The molecule has 3 aromatic rings. The molecule has 1 aromatic heterocycles. The van der Waals surface area contributed by atoms with Crippen molar-refractivity contribution >= 4 is 33.3 Å². The first-order valence-electron chi connectivity index (χ1n) is 12.5. The Balaban J connectivity index is 1.71. The van der Waals surface area contributed by atoms with E-state index in [0.29, 0.717) is 0 Å². The number of carboxylic acid groups (broad SMARTS) is 1. The largest absolute Gasteiger partial charge is 0.478 e. The van der Waals surface area contributed by atoms with Crippen molar-refractivity contribution in [2.24, 2.45) is 0 Å². The molecule has 4 rings (SSSR count). The molecule has 0 radical (unpaired) electrons. The number of benzene rings is 2. The van der Waals surface area contributed by atoms with E-state index in [1.165, 1.54) is 25.3 Å². The molecule has 0 fully saturated rings. The molecule has 43 heavy (non-hydrogen) atoms. The van der Waals surface area contributed by atoms with Crippen LogP contribution < -0.4 is 10.0 Å². The number of para-hydroxylation sites is 1. The third-order valence-electron chi connectivity index (χ3n) is 6.43. The van der Waals surface area contributed by atoms with Gasteiger partial charge in [0.2, 0.25) is 11.7 Å². The number of aliphatic hydroxyl groups is 3. The Labute approximate surface area is 243 Å². The van der Waals surface area contributed by atoms with Crippen LogP contribution in [0.4, 0.5) is 11.4 Å². The van der Waals surface area contributed by atoms with E-state index in [1.807, 2.05) is 0 Å². The number of carbonyl (C=O) groups excluding carboxylic acids is 1. The summed E-state index contributed by atoms with van der Waals surface area (Å²) in [6.45, 7) is 0.282. The summed E-state index contributed by atoms with van der Waals surface area (Å²) in [4.78, 5) is 33.9.